The monoisotopic (exact) mass is 479 g/mol. The summed E-state index contributed by atoms with van der Waals surface area (Å²) < 4.78 is 0.890. The fourth-order valence-electron chi connectivity index (χ4n) is 2.90. The molecule has 0 unspecified atom stereocenters. The molecular weight excluding hydrogens is 458 g/mol. The van der Waals surface area contributed by atoms with Crippen LogP contribution in [0.15, 0.2) is 77.3 Å². The van der Waals surface area contributed by atoms with Crippen LogP contribution < -0.4 is 16.0 Å². The van der Waals surface area contributed by atoms with Crippen LogP contribution in [0.25, 0.3) is 0 Å². The van der Waals surface area contributed by atoms with Gasteiger partial charge < -0.3 is 16.0 Å². The van der Waals surface area contributed by atoms with E-state index in [0.717, 1.165) is 10.0 Å². The van der Waals surface area contributed by atoms with E-state index >= 15 is 0 Å². The minimum absolute atomic E-state index is 0.127. The predicted molar refractivity (Wildman–Crippen MR) is 125 cm³/mol. The molecule has 0 aliphatic heterocycles. The van der Waals surface area contributed by atoms with Crippen LogP contribution in [0, 0.1) is 6.92 Å². The van der Waals surface area contributed by atoms with E-state index in [9.17, 15) is 14.4 Å². The quantitative estimate of drug-likeness (QED) is 0.456. The third-order valence-electron chi connectivity index (χ3n) is 4.64. The van der Waals surface area contributed by atoms with Gasteiger partial charge in [0.15, 0.2) is 0 Å². The molecule has 0 bridgehead atoms. The molecule has 3 rings (SSSR count). The molecule has 0 atom stereocenters. The molecule has 3 amide bonds. The van der Waals surface area contributed by atoms with Gasteiger partial charge in [0.2, 0.25) is 5.91 Å². The zero-order valence-corrected chi connectivity index (χ0v) is 18.5. The van der Waals surface area contributed by atoms with Crippen molar-refractivity contribution in [1.82, 2.24) is 5.32 Å². The molecule has 0 aromatic heterocycles. The lowest BCUT2D eigenvalue weighted by molar-refractivity contribution is -0.116. The van der Waals surface area contributed by atoms with Crippen molar-refractivity contribution in [2.75, 3.05) is 17.2 Å². The molecule has 158 valence electrons. The summed E-state index contributed by atoms with van der Waals surface area (Å²) in [5.41, 5.74) is 3.06. The lowest BCUT2D eigenvalue weighted by atomic mass is 10.1. The molecule has 0 aliphatic carbocycles. The van der Waals surface area contributed by atoms with Gasteiger partial charge in [0.05, 0.1) is 0 Å². The van der Waals surface area contributed by atoms with Crippen LogP contribution in [0.1, 0.15) is 32.7 Å². The summed E-state index contributed by atoms with van der Waals surface area (Å²) in [6.07, 6.45) is 0.127. The Morgan fingerprint density at radius 2 is 1.35 bits per heavy atom. The number of hydrogen-bond acceptors (Lipinski definition) is 3. The van der Waals surface area contributed by atoms with Crippen LogP contribution in [0.2, 0.25) is 0 Å². The predicted octanol–water partition coefficient (Wildman–Crippen LogP) is 4.77. The van der Waals surface area contributed by atoms with E-state index in [2.05, 4.69) is 31.9 Å². The highest BCUT2D eigenvalue weighted by Crippen LogP contribution is 2.24. The molecule has 31 heavy (non-hydrogen) atoms. The van der Waals surface area contributed by atoms with E-state index in [-0.39, 0.29) is 30.7 Å². The number of carbonyl (C=O) groups excluding carboxylic acids is 3. The maximum Gasteiger partial charge on any atom is 0.255 e. The first-order valence-electron chi connectivity index (χ1n) is 9.73. The summed E-state index contributed by atoms with van der Waals surface area (Å²) in [5.74, 6) is -0.685. The van der Waals surface area contributed by atoms with Crippen molar-refractivity contribution in [3.63, 3.8) is 0 Å². The highest BCUT2D eigenvalue weighted by molar-refractivity contribution is 9.10. The summed E-state index contributed by atoms with van der Waals surface area (Å²) in [5, 5.41) is 8.44. The van der Waals surface area contributed by atoms with Gasteiger partial charge in [-0.2, -0.15) is 0 Å². The molecule has 0 radical (unpaired) electrons. The maximum absolute atomic E-state index is 12.4. The van der Waals surface area contributed by atoms with Crippen molar-refractivity contribution in [2.45, 2.75) is 13.3 Å². The third kappa shape index (κ3) is 6.26. The van der Waals surface area contributed by atoms with Crippen LogP contribution in [-0.2, 0) is 4.79 Å². The van der Waals surface area contributed by atoms with Gasteiger partial charge >= 0.3 is 0 Å². The van der Waals surface area contributed by atoms with Gasteiger partial charge in [-0.3, -0.25) is 14.4 Å². The topological polar surface area (TPSA) is 87.3 Å². The summed E-state index contributed by atoms with van der Waals surface area (Å²) in [4.78, 5) is 36.8. The lowest BCUT2D eigenvalue weighted by Crippen LogP contribution is -2.27. The number of amides is 3. The number of hydrogen-bond donors (Lipinski definition) is 3. The SMILES string of the molecule is Cc1c(NC(=O)CCNC(=O)c2ccc(Br)cc2)cccc1NC(=O)c1ccccc1. The second kappa shape index (κ2) is 10.5. The Balaban J connectivity index is 1.54. The molecule has 0 saturated heterocycles. The number of rotatable bonds is 7. The van der Waals surface area contributed by atoms with Crippen molar-refractivity contribution in [3.8, 4) is 0 Å². The van der Waals surface area contributed by atoms with Gasteiger partial charge in [0.1, 0.15) is 0 Å². The van der Waals surface area contributed by atoms with Gasteiger partial charge in [-0.15, -0.1) is 0 Å². The Hall–Kier alpha value is -3.45. The third-order valence-corrected chi connectivity index (χ3v) is 5.16. The van der Waals surface area contributed by atoms with E-state index in [0.29, 0.717) is 22.5 Å². The highest BCUT2D eigenvalue weighted by Gasteiger charge is 2.12. The van der Waals surface area contributed by atoms with E-state index in [1.807, 2.05) is 13.0 Å². The van der Waals surface area contributed by atoms with Crippen molar-refractivity contribution in [1.29, 1.82) is 0 Å². The standard InChI is InChI=1S/C24H22BrN3O3/c1-16-20(8-5-9-21(16)28-24(31)17-6-3-2-4-7-17)27-22(29)14-15-26-23(30)18-10-12-19(25)13-11-18/h2-13H,14-15H2,1H3,(H,26,30)(H,27,29)(H,28,31). The van der Waals surface area contributed by atoms with Crippen molar-refractivity contribution < 1.29 is 14.4 Å². The first-order valence-corrected chi connectivity index (χ1v) is 10.5. The van der Waals surface area contributed by atoms with Crippen LogP contribution in [0.3, 0.4) is 0 Å². The fourth-order valence-corrected chi connectivity index (χ4v) is 3.16. The molecule has 0 saturated carbocycles. The van der Waals surface area contributed by atoms with Crippen LogP contribution in [0.4, 0.5) is 11.4 Å². The average molecular weight is 480 g/mol. The van der Waals surface area contributed by atoms with Crippen LogP contribution in [-0.4, -0.2) is 24.3 Å². The van der Waals surface area contributed by atoms with Gasteiger partial charge in [-0.05, 0) is 61.0 Å². The van der Waals surface area contributed by atoms with Crippen molar-refractivity contribution >= 4 is 45.0 Å². The van der Waals surface area contributed by atoms with E-state index in [1.165, 1.54) is 0 Å². The molecule has 3 aromatic carbocycles. The minimum atomic E-state index is -0.234. The summed E-state index contributed by atoms with van der Waals surface area (Å²) in [7, 11) is 0. The number of halogens is 1. The zero-order valence-electron chi connectivity index (χ0n) is 16.9. The fraction of sp³-hybridized carbons (Fsp3) is 0.125. The number of nitrogens with one attached hydrogen (secondary N) is 3. The van der Waals surface area contributed by atoms with Crippen LogP contribution in [0.5, 0.6) is 0 Å². The van der Waals surface area contributed by atoms with Crippen molar-refractivity contribution in [3.05, 3.63) is 94.0 Å². The second-order valence-electron chi connectivity index (χ2n) is 6.86. The minimum Gasteiger partial charge on any atom is -0.352 e. The Labute approximate surface area is 189 Å². The second-order valence-corrected chi connectivity index (χ2v) is 7.77. The van der Waals surface area contributed by atoms with Gasteiger partial charge in [-0.1, -0.05) is 40.2 Å². The molecule has 0 spiro atoms. The highest BCUT2D eigenvalue weighted by atomic mass is 79.9. The smallest absolute Gasteiger partial charge is 0.255 e. The first-order chi connectivity index (χ1) is 14.9. The van der Waals surface area contributed by atoms with E-state index < -0.39 is 0 Å². The van der Waals surface area contributed by atoms with Gasteiger partial charge in [-0.25, -0.2) is 0 Å². The number of anilines is 2. The van der Waals surface area contributed by atoms with Crippen LogP contribution >= 0.6 is 15.9 Å². The summed E-state index contributed by atoms with van der Waals surface area (Å²) in [6.45, 7) is 2.04. The maximum atomic E-state index is 12.4. The molecule has 3 N–H and O–H groups in total. The molecule has 6 nitrogen and oxygen atoms in total. The molecule has 3 aromatic rings. The number of carbonyl (C=O) groups is 3. The summed E-state index contributed by atoms with van der Waals surface area (Å²) >= 11 is 3.33. The molecule has 0 fully saturated rings. The molecule has 0 aliphatic rings. The van der Waals surface area contributed by atoms with E-state index in [1.54, 1.807) is 66.7 Å². The molecule has 0 heterocycles. The lowest BCUT2D eigenvalue weighted by Gasteiger charge is -2.14. The Morgan fingerprint density at radius 1 is 0.742 bits per heavy atom. The van der Waals surface area contributed by atoms with E-state index in [4.69, 9.17) is 0 Å². The molecule has 7 heteroatoms. The zero-order chi connectivity index (χ0) is 22.2. The first kappa shape index (κ1) is 22.2. The van der Waals surface area contributed by atoms with Gasteiger partial charge in [0, 0.05) is 39.9 Å². The largest absolute Gasteiger partial charge is 0.352 e. The Kier molecular flexibility index (Phi) is 7.56. The number of benzene rings is 3. The summed E-state index contributed by atoms with van der Waals surface area (Å²) in [6, 6.07) is 21.2. The Morgan fingerprint density at radius 3 is 2.03 bits per heavy atom. The molecular formula is C24H22BrN3O3. The average Bonchev–Trinajstić information content (AvgIpc) is 2.77. The van der Waals surface area contributed by atoms with Gasteiger partial charge in [0.25, 0.3) is 11.8 Å². The Bertz CT molecular complexity index is 1080. The normalized spacial score (nSPS) is 10.3. The van der Waals surface area contributed by atoms with Crippen molar-refractivity contribution in [2.24, 2.45) is 0 Å².